The molecule has 4 rings (SSSR count). The van der Waals surface area contributed by atoms with E-state index >= 15 is 0 Å². The maximum Gasteiger partial charge on any atom is 0.264 e. The van der Waals surface area contributed by atoms with Gasteiger partial charge < -0.3 is 11.1 Å². The number of aromatic nitrogens is 3. The highest BCUT2D eigenvalue weighted by Crippen LogP contribution is 2.32. The van der Waals surface area contributed by atoms with Crippen molar-refractivity contribution in [3.05, 3.63) is 41.2 Å². The monoisotopic (exact) mass is 439 g/mol. The van der Waals surface area contributed by atoms with Crippen molar-refractivity contribution in [3.8, 4) is 0 Å². The lowest BCUT2D eigenvalue weighted by molar-refractivity contribution is -0.136. The van der Waals surface area contributed by atoms with Crippen molar-refractivity contribution in [2.45, 2.75) is 44.8 Å². The van der Waals surface area contributed by atoms with Crippen molar-refractivity contribution in [3.63, 3.8) is 0 Å². The van der Waals surface area contributed by atoms with Gasteiger partial charge in [0, 0.05) is 6.42 Å². The number of amides is 5. The molecule has 12 nitrogen and oxygen atoms in total. The molecule has 4 N–H and O–H groups in total. The van der Waals surface area contributed by atoms with E-state index in [0.717, 1.165) is 4.90 Å². The third kappa shape index (κ3) is 3.75. The fraction of sp³-hybridized carbons (Fsp3) is 0.350. The maximum absolute atomic E-state index is 13.1. The quantitative estimate of drug-likeness (QED) is 0.524. The number of anilines is 1. The molecule has 2 aromatic rings. The average Bonchev–Trinajstić information content (AvgIpc) is 3.27. The van der Waals surface area contributed by atoms with E-state index in [2.05, 4.69) is 20.9 Å². The molecular weight excluding hydrogens is 418 g/mol. The van der Waals surface area contributed by atoms with E-state index in [1.54, 1.807) is 20.0 Å². The molecule has 3 heterocycles. The summed E-state index contributed by atoms with van der Waals surface area (Å²) in [5.74, 6) is -3.01. The highest BCUT2D eigenvalue weighted by molar-refractivity contribution is 6.26. The Morgan fingerprint density at radius 1 is 1.25 bits per heavy atom. The zero-order valence-corrected chi connectivity index (χ0v) is 17.4. The third-order valence-corrected chi connectivity index (χ3v) is 5.25. The Morgan fingerprint density at radius 2 is 2.00 bits per heavy atom. The lowest BCUT2D eigenvalue weighted by Gasteiger charge is -2.27. The summed E-state index contributed by atoms with van der Waals surface area (Å²) >= 11 is 0. The summed E-state index contributed by atoms with van der Waals surface area (Å²) in [6.45, 7) is 3.32. The second-order valence-electron chi connectivity index (χ2n) is 8.25. The van der Waals surface area contributed by atoms with Gasteiger partial charge in [0.25, 0.3) is 11.8 Å². The van der Waals surface area contributed by atoms with Gasteiger partial charge in [0.2, 0.25) is 17.7 Å². The molecule has 1 atom stereocenters. The number of nitrogens with zero attached hydrogens (tertiary/aromatic N) is 4. The van der Waals surface area contributed by atoms with Gasteiger partial charge in [-0.05, 0) is 32.4 Å². The molecule has 0 saturated carbocycles. The minimum atomic E-state index is -1.09. The normalized spacial score (nSPS) is 18.6. The van der Waals surface area contributed by atoms with Gasteiger partial charge in [0.15, 0.2) is 0 Å². The van der Waals surface area contributed by atoms with Crippen LogP contribution in [-0.4, -0.2) is 55.5 Å². The van der Waals surface area contributed by atoms with Crippen LogP contribution in [0.25, 0.3) is 0 Å². The van der Waals surface area contributed by atoms with Crippen LogP contribution in [0.5, 0.6) is 0 Å². The largest absolute Gasteiger partial charge is 0.324 e. The van der Waals surface area contributed by atoms with Crippen molar-refractivity contribution < 1.29 is 24.0 Å². The van der Waals surface area contributed by atoms with Crippen LogP contribution in [0.2, 0.25) is 0 Å². The number of hydrogen-bond donors (Lipinski definition) is 3. The Bertz CT molecular complexity index is 1160. The molecule has 1 fully saturated rings. The Balaban J connectivity index is 1.54. The van der Waals surface area contributed by atoms with Crippen LogP contribution in [0.15, 0.2) is 24.4 Å². The topological polar surface area (TPSA) is 169 Å². The van der Waals surface area contributed by atoms with Crippen molar-refractivity contribution in [2.75, 3.05) is 5.32 Å². The van der Waals surface area contributed by atoms with Crippen LogP contribution in [0.4, 0.5) is 5.69 Å². The summed E-state index contributed by atoms with van der Waals surface area (Å²) in [4.78, 5) is 62.9. The lowest BCUT2D eigenvalue weighted by atomic mass is 10.0. The van der Waals surface area contributed by atoms with Gasteiger partial charge in [-0.3, -0.25) is 34.2 Å². The second-order valence-corrected chi connectivity index (χ2v) is 8.25. The van der Waals surface area contributed by atoms with Gasteiger partial charge in [-0.2, -0.15) is 0 Å². The van der Waals surface area contributed by atoms with Crippen LogP contribution >= 0.6 is 0 Å². The Labute approximate surface area is 182 Å². The highest BCUT2D eigenvalue weighted by atomic mass is 16.2. The van der Waals surface area contributed by atoms with Crippen LogP contribution in [0.3, 0.4) is 0 Å². The predicted molar refractivity (Wildman–Crippen MR) is 109 cm³/mol. The van der Waals surface area contributed by atoms with Crippen LogP contribution in [0, 0.1) is 0 Å². The Kier molecular flexibility index (Phi) is 5.09. The molecular formula is C20H21N7O5. The Morgan fingerprint density at radius 3 is 2.66 bits per heavy atom. The van der Waals surface area contributed by atoms with Gasteiger partial charge in [0.05, 0.1) is 28.6 Å². The molecule has 1 unspecified atom stereocenters. The number of benzene rings is 1. The first-order valence-corrected chi connectivity index (χ1v) is 9.90. The first kappa shape index (κ1) is 21.3. The molecule has 0 bridgehead atoms. The fourth-order valence-corrected chi connectivity index (χ4v) is 3.63. The third-order valence-electron chi connectivity index (χ3n) is 5.25. The number of rotatable bonds is 5. The number of carbonyl (C=O) groups excluding carboxylic acids is 5. The molecule has 1 saturated heterocycles. The van der Waals surface area contributed by atoms with Crippen molar-refractivity contribution >= 4 is 35.2 Å². The maximum atomic E-state index is 13.1. The summed E-state index contributed by atoms with van der Waals surface area (Å²) in [5, 5.41) is 12.6. The number of hydrogen-bond acceptors (Lipinski definition) is 8. The van der Waals surface area contributed by atoms with Gasteiger partial charge >= 0.3 is 0 Å². The van der Waals surface area contributed by atoms with Gasteiger partial charge in [-0.25, -0.2) is 4.68 Å². The molecule has 1 aromatic heterocycles. The molecule has 2 aliphatic rings. The molecule has 32 heavy (non-hydrogen) atoms. The minimum absolute atomic E-state index is 0.00193. The molecule has 0 aliphatic carbocycles. The average molecular weight is 439 g/mol. The van der Waals surface area contributed by atoms with Gasteiger partial charge in [-0.1, -0.05) is 11.3 Å². The van der Waals surface area contributed by atoms with Crippen molar-refractivity contribution in [2.24, 2.45) is 5.73 Å². The molecule has 1 aromatic carbocycles. The summed E-state index contributed by atoms with van der Waals surface area (Å²) in [6.07, 6.45) is 1.62. The first-order valence-electron chi connectivity index (χ1n) is 9.90. The zero-order valence-electron chi connectivity index (χ0n) is 17.4. The molecule has 12 heteroatoms. The highest BCUT2D eigenvalue weighted by Gasteiger charge is 2.45. The molecule has 2 aliphatic heterocycles. The summed E-state index contributed by atoms with van der Waals surface area (Å²) in [7, 11) is 0. The van der Waals surface area contributed by atoms with Crippen molar-refractivity contribution in [1.29, 1.82) is 0 Å². The number of nitrogens with one attached hydrogen (secondary N) is 2. The molecule has 166 valence electrons. The SMILES string of the molecule is CC(C)(N)c1cn(CC(=O)Nc2cccc3c2C(=O)N(C2CCC(=O)NC2=O)C3=O)nn1. The smallest absolute Gasteiger partial charge is 0.264 e. The standard InChI is InChI=1S/C20H21N7O5/c1-20(2,21)13-8-26(25-24-13)9-15(29)22-11-5-3-4-10-16(11)19(32)27(18(10)31)12-6-7-14(28)23-17(12)30/h3-5,8,12H,6-7,9,21H2,1-2H3,(H,22,29)(H,23,28,30). The zero-order chi connectivity index (χ0) is 23.2. The van der Waals surface area contributed by atoms with E-state index < -0.39 is 41.1 Å². The number of fused-ring (bicyclic) bond motifs is 1. The van der Waals surface area contributed by atoms with Gasteiger partial charge in [0.1, 0.15) is 18.3 Å². The van der Waals surface area contributed by atoms with E-state index in [-0.39, 0.29) is 36.2 Å². The molecule has 5 amide bonds. The number of carbonyl (C=O) groups is 5. The summed E-state index contributed by atoms with van der Waals surface area (Å²) in [6, 6.07) is 3.38. The summed E-state index contributed by atoms with van der Waals surface area (Å²) in [5.41, 5.74) is 5.97. The fourth-order valence-electron chi connectivity index (χ4n) is 3.63. The Hall–Kier alpha value is -3.93. The minimum Gasteiger partial charge on any atom is -0.324 e. The number of imide groups is 2. The molecule has 0 spiro atoms. The van der Waals surface area contributed by atoms with Crippen LogP contribution in [-0.2, 0) is 26.5 Å². The number of piperidine rings is 1. The van der Waals surface area contributed by atoms with Crippen LogP contribution in [0.1, 0.15) is 53.1 Å². The van der Waals surface area contributed by atoms with Crippen molar-refractivity contribution in [1.82, 2.24) is 25.2 Å². The van der Waals surface area contributed by atoms with E-state index in [1.807, 2.05) is 0 Å². The lowest BCUT2D eigenvalue weighted by Crippen LogP contribution is -2.54. The number of nitrogens with two attached hydrogens (primary N) is 1. The first-order chi connectivity index (χ1) is 15.1. The van der Waals surface area contributed by atoms with E-state index in [1.165, 1.54) is 22.9 Å². The van der Waals surface area contributed by atoms with E-state index in [4.69, 9.17) is 5.73 Å². The molecule has 0 radical (unpaired) electrons. The second kappa shape index (κ2) is 7.64. The van der Waals surface area contributed by atoms with E-state index in [0.29, 0.717) is 5.69 Å². The van der Waals surface area contributed by atoms with E-state index in [9.17, 15) is 24.0 Å². The van der Waals surface area contributed by atoms with Gasteiger partial charge in [-0.15, -0.1) is 5.10 Å². The predicted octanol–water partition coefficient (Wildman–Crippen LogP) is -0.488. The summed E-state index contributed by atoms with van der Waals surface area (Å²) < 4.78 is 1.31. The van der Waals surface area contributed by atoms with Crippen LogP contribution < -0.4 is 16.4 Å².